The fourth-order valence-electron chi connectivity index (χ4n) is 5.11. The molecule has 0 bridgehead atoms. The molecule has 1 aromatic rings. The van der Waals surface area contributed by atoms with Crippen LogP contribution in [0, 0.1) is 16.9 Å². The van der Waals surface area contributed by atoms with Crippen LogP contribution in [0.3, 0.4) is 0 Å². The Hall–Kier alpha value is -3.50. The molecule has 3 N–H and O–H groups in total. The third kappa shape index (κ3) is 5.50. The number of Topliss-reactive ketones (excluding diaryl/α,β-unsaturated/α-hetero) is 1. The molecule has 2 rings (SSSR count). The first-order valence-corrected chi connectivity index (χ1v) is 11.5. The summed E-state index contributed by atoms with van der Waals surface area (Å²) in [6, 6.07) is 4.18. The maximum absolute atomic E-state index is 13.2. The Bertz CT molecular complexity index is 1030. The molecular weight excluding hydrogens is 470 g/mol. The van der Waals surface area contributed by atoms with Crippen molar-refractivity contribution in [2.24, 2.45) is 16.4 Å². The lowest BCUT2D eigenvalue weighted by molar-refractivity contribution is -0.141. The van der Waals surface area contributed by atoms with Crippen molar-refractivity contribution >= 4 is 17.8 Å². The molecule has 1 saturated heterocycles. The average Bonchev–Trinajstić information content (AvgIpc) is 3.23. The third-order valence-corrected chi connectivity index (χ3v) is 6.89. The molecule has 0 spiro atoms. The molecule has 36 heavy (non-hydrogen) atoms. The number of benzene rings is 1. The van der Waals surface area contributed by atoms with Crippen molar-refractivity contribution in [1.29, 1.82) is 5.53 Å². The van der Waals surface area contributed by atoms with E-state index in [-0.39, 0.29) is 25.3 Å². The van der Waals surface area contributed by atoms with Gasteiger partial charge in [-0.1, -0.05) is 27.7 Å². The van der Waals surface area contributed by atoms with Gasteiger partial charge >= 0.3 is 6.09 Å². The molecule has 0 unspecified atom stereocenters. The Balaban J connectivity index is 2.29. The first-order valence-electron chi connectivity index (χ1n) is 11.5. The molecule has 0 saturated carbocycles. The molecule has 0 aliphatic carbocycles. The summed E-state index contributed by atoms with van der Waals surface area (Å²) in [5.74, 6) is -0.745. The van der Waals surface area contributed by atoms with Crippen LogP contribution >= 0.6 is 0 Å². The van der Waals surface area contributed by atoms with Gasteiger partial charge in [0.05, 0.1) is 44.9 Å². The largest absolute Gasteiger partial charge is 0.493 e. The standard InChI is InChI=1S/C24H35N5O7/c1-14(21(31)26-12-17(30)15-8-9-18(34-5)19(10-15)35-6)20(36-7)24(23(2,3)4)11-16(27-28-25)13-29(24)22(32)33/h8-10,14,16,20,25H,11-13H2,1-7H3,(H-,26,31,32,33)/p+1/t14-,16+,20-,24-/m1/s1. The summed E-state index contributed by atoms with van der Waals surface area (Å²) in [4.78, 5) is 42.6. The van der Waals surface area contributed by atoms with Gasteiger partial charge in [0, 0.05) is 19.1 Å². The number of amides is 2. The number of likely N-dealkylation sites (tertiary alicyclic amines) is 1. The van der Waals surface area contributed by atoms with Crippen LogP contribution in [-0.2, 0) is 9.53 Å². The smallest absolute Gasteiger partial charge is 0.407 e. The van der Waals surface area contributed by atoms with E-state index in [1.807, 2.05) is 20.8 Å². The van der Waals surface area contributed by atoms with E-state index in [0.717, 1.165) is 0 Å². The fraction of sp³-hybridized carbons (Fsp3) is 0.625. The van der Waals surface area contributed by atoms with E-state index in [1.165, 1.54) is 32.3 Å². The van der Waals surface area contributed by atoms with E-state index < -0.39 is 41.0 Å². The number of carboxylic acid groups (broad SMARTS) is 1. The molecule has 1 aliphatic heterocycles. The van der Waals surface area contributed by atoms with Gasteiger partial charge in [-0.2, -0.15) is 0 Å². The SMILES string of the molecule is COc1ccc(C(=O)CNC(=O)[C@H](C)[C@@H](OC)[C@@]2(C(C)(C)C)C[C@H](N=[N+]=N)CN2C(=O)O)cc1OC. The summed E-state index contributed by atoms with van der Waals surface area (Å²) >= 11 is 0. The average molecular weight is 507 g/mol. The maximum Gasteiger partial charge on any atom is 0.407 e. The highest BCUT2D eigenvalue weighted by Gasteiger charge is 2.62. The van der Waals surface area contributed by atoms with E-state index >= 15 is 0 Å². The number of carbonyl (C=O) groups excluding carboxylic acids is 2. The summed E-state index contributed by atoms with van der Waals surface area (Å²) in [5.41, 5.74) is 5.63. The van der Waals surface area contributed by atoms with Gasteiger partial charge in [-0.25, -0.2) is 4.79 Å². The van der Waals surface area contributed by atoms with E-state index in [4.69, 9.17) is 19.7 Å². The zero-order valence-electron chi connectivity index (χ0n) is 21.8. The van der Waals surface area contributed by atoms with Crippen molar-refractivity contribution in [3.8, 4) is 11.5 Å². The van der Waals surface area contributed by atoms with Gasteiger partial charge in [0.2, 0.25) is 10.8 Å². The second kappa shape index (κ2) is 11.5. The number of nitrogens with zero attached hydrogens (tertiary/aromatic N) is 3. The van der Waals surface area contributed by atoms with Gasteiger partial charge < -0.3 is 24.6 Å². The van der Waals surface area contributed by atoms with E-state index in [0.29, 0.717) is 17.1 Å². The van der Waals surface area contributed by atoms with Gasteiger partial charge in [0.15, 0.2) is 23.3 Å². The first-order chi connectivity index (χ1) is 16.9. The molecule has 12 nitrogen and oxygen atoms in total. The zero-order chi connectivity index (χ0) is 27.3. The highest BCUT2D eigenvalue weighted by molar-refractivity contribution is 6.00. The monoisotopic (exact) mass is 506 g/mol. The Labute approximate surface area is 210 Å². The van der Waals surface area contributed by atoms with Crippen LogP contribution in [-0.4, -0.2) is 79.9 Å². The molecule has 1 aliphatic rings. The van der Waals surface area contributed by atoms with Crippen molar-refractivity contribution < 1.29 is 33.7 Å². The van der Waals surface area contributed by atoms with Crippen molar-refractivity contribution in [1.82, 2.24) is 15.1 Å². The molecule has 0 aromatic heterocycles. The number of hydrogen-bond acceptors (Lipinski definition) is 8. The van der Waals surface area contributed by atoms with Crippen LogP contribution in [0.2, 0.25) is 0 Å². The topological polar surface area (TPSA) is 165 Å². The van der Waals surface area contributed by atoms with Crippen LogP contribution in [0.5, 0.6) is 11.5 Å². The Kier molecular flexibility index (Phi) is 9.17. The molecule has 198 valence electrons. The summed E-state index contributed by atoms with van der Waals surface area (Å²) in [6.45, 7) is 7.02. The van der Waals surface area contributed by atoms with Gasteiger partial charge in [0.1, 0.15) is 10.6 Å². The molecular formula is C24H36N5O7+. The van der Waals surface area contributed by atoms with E-state index in [9.17, 15) is 19.5 Å². The number of nitrogens with one attached hydrogen (secondary N) is 2. The fourth-order valence-corrected chi connectivity index (χ4v) is 5.11. The minimum atomic E-state index is -1.18. The van der Waals surface area contributed by atoms with Gasteiger partial charge in [-0.05, 0) is 23.6 Å². The molecule has 0 radical (unpaired) electrons. The van der Waals surface area contributed by atoms with Crippen LogP contribution in [0.1, 0.15) is 44.5 Å². The normalized spacial score (nSPS) is 21.2. The van der Waals surface area contributed by atoms with Gasteiger partial charge in [0.25, 0.3) is 0 Å². The van der Waals surface area contributed by atoms with Crippen LogP contribution < -0.4 is 19.7 Å². The summed E-state index contributed by atoms with van der Waals surface area (Å²) in [6.07, 6.45) is -1.81. The van der Waals surface area contributed by atoms with Crippen LogP contribution in [0.25, 0.3) is 0 Å². The lowest BCUT2D eigenvalue weighted by Crippen LogP contribution is -2.65. The molecule has 1 aromatic carbocycles. The maximum atomic E-state index is 13.2. The summed E-state index contributed by atoms with van der Waals surface area (Å²) in [5, 5.41) is 16.6. The minimum Gasteiger partial charge on any atom is -0.493 e. The predicted octanol–water partition coefficient (Wildman–Crippen LogP) is 2.74. The first kappa shape index (κ1) is 28.7. The highest BCUT2D eigenvalue weighted by atomic mass is 16.5. The number of ether oxygens (including phenoxy) is 3. The Morgan fingerprint density at radius 1 is 1.25 bits per heavy atom. The third-order valence-electron chi connectivity index (χ3n) is 6.89. The lowest BCUT2D eigenvalue weighted by Gasteiger charge is -2.52. The number of hydrogen-bond donors (Lipinski definition) is 3. The van der Waals surface area contributed by atoms with Crippen molar-refractivity contribution in [3.05, 3.63) is 23.8 Å². The minimum absolute atomic E-state index is 0.0287. The van der Waals surface area contributed by atoms with Gasteiger partial charge in [-0.15, -0.1) is 0 Å². The van der Waals surface area contributed by atoms with Crippen molar-refractivity contribution in [2.45, 2.75) is 51.8 Å². The van der Waals surface area contributed by atoms with Crippen LogP contribution in [0.4, 0.5) is 4.79 Å². The number of ketones is 1. The second-order valence-electron chi connectivity index (χ2n) is 9.80. The summed E-state index contributed by atoms with van der Waals surface area (Å²) < 4.78 is 16.2. The quantitative estimate of drug-likeness (QED) is 0.249. The van der Waals surface area contributed by atoms with Gasteiger partial charge in [-0.3, -0.25) is 14.5 Å². The molecule has 1 fully saturated rings. The molecule has 2 amide bonds. The number of carbonyl (C=O) groups is 3. The lowest BCUT2D eigenvalue weighted by atomic mass is 9.65. The van der Waals surface area contributed by atoms with Crippen molar-refractivity contribution in [3.63, 3.8) is 0 Å². The molecule has 4 atom stereocenters. The molecule has 12 heteroatoms. The number of methoxy groups -OCH3 is 3. The second-order valence-corrected chi connectivity index (χ2v) is 9.80. The Morgan fingerprint density at radius 3 is 2.39 bits per heavy atom. The summed E-state index contributed by atoms with van der Waals surface area (Å²) in [7, 11) is 4.38. The number of rotatable bonds is 10. The Morgan fingerprint density at radius 2 is 1.89 bits per heavy atom. The van der Waals surface area contributed by atoms with Crippen LogP contribution in [0.15, 0.2) is 23.3 Å². The van der Waals surface area contributed by atoms with E-state index in [2.05, 4.69) is 15.3 Å². The molecule has 1 heterocycles. The highest BCUT2D eigenvalue weighted by Crippen LogP contribution is 2.49. The predicted molar refractivity (Wildman–Crippen MR) is 129 cm³/mol. The zero-order valence-corrected chi connectivity index (χ0v) is 21.8. The van der Waals surface area contributed by atoms with Crippen molar-refractivity contribution in [2.75, 3.05) is 34.4 Å². The van der Waals surface area contributed by atoms with E-state index in [1.54, 1.807) is 19.1 Å².